The van der Waals surface area contributed by atoms with E-state index in [9.17, 15) is 15.3 Å². The number of aryl methyl sites for hydroxylation is 3. The zero-order valence-electron chi connectivity index (χ0n) is 30.8. The van der Waals surface area contributed by atoms with Gasteiger partial charge in [0.2, 0.25) is 0 Å². The molecule has 0 heterocycles. The third-order valence-electron chi connectivity index (χ3n) is 9.06. The minimum absolute atomic E-state index is 0.250. The van der Waals surface area contributed by atoms with Gasteiger partial charge in [-0.2, -0.15) is 0 Å². The molecule has 0 saturated carbocycles. The number of aromatic hydroxyl groups is 3. The van der Waals surface area contributed by atoms with Crippen LogP contribution in [0.1, 0.15) is 90.8 Å². The van der Waals surface area contributed by atoms with Gasteiger partial charge in [-0.3, -0.25) is 0 Å². The van der Waals surface area contributed by atoms with Crippen LogP contribution in [0.25, 0.3) is 0 Å². The van der Waals surface area contributed by atoms with Crippen molar-refractivity contribution in [3.8, 4) is 17.2 Å². The van der Waals surface area contributed by atoms with Crippen molar-refractivity contribution in [2.45, 2.75) is 98.3 Å². The Morgan fingerprint density at radius 1 is 0.540 bits per heavy atom. The second-order valence-corrected chi connectivity index (χ2v) is 25.0. The molecular weight excluding hydrogens is 886 g/mol. The van der Waals surface area contributed by atoms with Gasteiger partial charge in [-0.15, -0.1) is 0 Å². The quantitative estimate of drug-likeness (QED) is 0.0239. The number of phenolic OH excluding ortho intramolecular Hbond substituents is 3. The van der Waals surface area contributed by atoms with Crippen LogP contribution in [0.15, 0.2) is 36.4 Å². The minimum Gasteiger partial charge on any atom is -0.507 e. The molecule has 7 N–H and O–H groups in total. The van der Waals surface area contributed by atoms with Gasteiger partial charge in [0, 0.05) is 74.6 Å². The van der Waals surface area contributed by atoms with E-state index < -0.39 is 0 Å². The largest absolute Gasteiger partial charge is 0.507 e. The number of nitrogens with one attached hydrogen (secondary N) is 4. The van der Waals surface area contributed by atoms with Crippen LogP contribution in [0.2, 0.25) is 0 Å². The third-order valence-corrected chi connectivity index (χ3v) is 14.3. The maximum Gasteiger partial charge on any atom is 0.152 e. The molecular formula is C37H58B2I2N4O3P2. The molecule has 2 unspecified atom stereocenters. The smallest absolute Gasteiger partial charge is 0.152 e. The summed E-state index contributed by atoms with van der Waals surface area (Å²) in [7, 11) is 4.45. The lowest BCUT2D eigenvalue weighted by Crippen LogP contribution is -2.28. The van der Waals surface area contributed by atoms with E-state index in [1.165, 1.54) is 61.1 Å². The molecule has 3 aromatic carbocycles. The summed E-state index contributed by atoms with van der Waals surface area (Å²) >= 11 is 4.95. The third kappa shape index (κ3) is 15.0. The average molecular weight is 944 g/mol. The molecule has 13 heteroatoms. The number of rotatable bonds is 24. The molecule has 0 aliphatic rings. The van der Waals surface area contributed by atoms with Crippen LogP contribution < -0.4 is 31.9 Å². The summed E-state index contributed by atoms with van der Waals surface area (Å²) in [6.45, 7) is 11.7. The van der Waals surface area contributed by atoms with Crippen LogP contribution >= 0.6 is 55.0 Å². The summed E-state index contributed by atoms with van der Waals surface area (Å²) in [5.74, 6) is 1.13. The first-order chi connectivity index (χ1) is 24.0. The van der Waals surface area contributed by atoms with E-state index in [0.29, 0.717) is 43.4 Å². The van der Waals surface area contributed by atoms with E-state index >= 15 is 0 Å². The summed E-state index contributed by atoms with van der Waals surface area (Å²) in [6.07, 6.45) is 9.99. The molecule has 0 spiro atoms. The van der Waals surface area contributed by atoms with Crippen molar-refractivity contribution in [1.29, 1.82) is 0 Å². The second kappa shape index (κ2) is 23.9. The van der Waals surface area contributed by atoms with E-state index in [1.807, 2.05) is 13.8 Å². The van der Waals surface area contributed by atoms with Crippen molar-refractivity contribution in [3.63, 3.8) is 0 Å². The van der Waals surface area contributed by atoms with Crippen LogP contribution in [0.5, 0.6) is 17.2 Å². The Balaban J connectivity index is 1.53. The molecule has 0 amide bonds. The lowest BCUT2D eigenvalue weighted by molar-refractivity contribution is 0.451. The fourth-order valence-electron chi connectivity index (χ4n) is 6.07. The number of benzene rings is 3. The van der Waals surface area contributed by atoms with E-state index in [4.69, 9.17) is 0 Å². The Morgan fingerprint density at radius 2 is 0.900 bits per heavy atom. The van der Waals surface area contributed by atoms with Crippen LogP contribution in [0.3, 0.4) is 0 Å². The predicted octanol–water partition coefficient (Wildman–Crippen LogP) is 6.48. The minimum atomic E-state index is -0.250. The summed E-state index contributed by atoms with van der Waals surface area (Å²) in [4.78, 5) is 0. The molecule has 3 aromatic rings. The monoisotopic (exact) mass is 944 g/mol. The fraction of sp³-hybridized carbons (Fsp3) is 0.514. The van der Waals surface area contributed by atoms with Crippen molar-refractivity contribution < 1.29 is 15.3 Å². The van der Waals surface area contributed by atoms with Gasteiger partial charge in [-0.25, -0.2) is 0 Å². The van der Waals surface area contributed by atoms with E-state index in [-0.39, 0.29) is 10.9 Å². The maximum absolute atomic E-state index is 11.3. The van der Waals surface area contributed by atoms with E-state index in [2.05, 4.69) is 124 Å². The number of hydrogen-bond donors (Lipinski definition) is 7. The molecule has 0 radical (unpaired) electrons. The first-order valence-electron chi connectivity index (χ1n) is 18.1. The standard InChI is InChI=1S/C37H58B2I2N4O3P2/c1-4-5-6-7-8-9-10-11-28-18-29(22-42-12-14-44-24-31-20-33(49(38)40)16-26(2)35(31)46)37(48)30(19-28)23-43-13-15-45-25-32-21-34(50(39)41)17-27(3)36(32)47/h16-21,42-48H,4-15,22-25,38-39H2,1-3H3. The Bertz CT molecular complexity index is 1390. The molecule has 0 saturated heterocycles. The number of unbranched alkanes of at least 4 members (excludes halogenated alkanes) is 6. The van der Waals surface area contributed by atoms with Gasteiger partial charge in [-0.05, 0) is 78.3 Å². The molecule has 0 fully saturated rings. The van der Waals surface area contributed by atoms with Crippen molar-refractivity contribution in [1.82, 2.24) is 21.3 Å². The Morgan fingerprint density at radius 3 is 1.28 bits per heavy atom. The van der Waals surface area contributed by atoms with Crippen molar-refractivity contribution >= 4 is 80.7 Å². The Kier molecular flexibility index (Phi) is 20.9. The molecule has 50 heavy (non-hydrogen) atoms. The molecule has 3 rings (SSSR count). The molecule has 0 aliphatic carbocycles. The first-order valence-corrected chi connectivity index (χ1v) is 27.3. The fourth-order valence-corrected chi connectivity index (χ4v) is 9.15. The van der Waals surface area contributed by atoms with Crippen molar-refractivity contribution in [3.05, 3.63) is 75.3 Å². The molecule has 0 aromatic heterocycles. The van der Waals surface area contributed by atoms with Crippen molar-refractivity contribution in [2.24, 2.45) is 0 Å². The highest BCUT2D eigenvalue weighted by molar-refractivity contribution is 14.2. The molecule has 2 atom stereocenters. The lowest BCUT2D eigenvalue weighted by atomic mass is 9.98. The van der Waals surface area contributed by atoms with Gasteiger partial charge < -0.3 is 36.6 Å². The second-order valence-electron chi connectivity index (χ2n) is 13.3. The summed E-state index contributed by atoms with van der Waals surface area (Å²) in [5.41, 5.74) is 6.43. The highest BCUT2D eigenvalue weighted by Gasteiger charge is 2.13. The normalized spacial score (nSPS) is 12.7. The Labute approximate surface area is 331 Å². The highest BCUT2D eigenvalue weighted by atomic mass is 127. The summed E-state index contributed by atoms with van der Waals surface area (Å²) in [5, 5.41) is 49.0. The summed E-state index contributed by atoms with van der Waals surface area (Å²) < 4.78 is 0. The highest BCUT2D eigenvalue weighted by Crippen LogP contribution is 2.40. The summed E-state index contributed by atoms with van der Waals surface area (Å²) in [6, 6.07) is 12.8. The molecule has 0 aliphatic heterocycles. The van der Waals surface area contributed by atoms with Crippen LogP contribution in [-0.2, 0) is 32.6 Å². The van der Waals surface area contributed by atoms with E-state index in [0.717, 1.165) is 66.0 Å². The number of hydrogen-bond acceptors (Lipinski definition) is 7. The predicted molar refractivity (Wildman–Crippen MR) is 241 cm³/mol. The van der Waals surface area contributed by atoms with Gasteiger partial charge in [0.25, 0.3) is 0 Å². The SMILES string of the molecule is BP(I)c1cc(C)c(O)c(CNCCNCc2cc(CCCCCCCCC)cc(CNCCNCc3cc(P(B)I)cc(C)c3O)c2O)c1. The topological polar surface area (TPSA) is 109 Å². The van der Waals surface area contributed by atoms with Crippen molar-refractivity contribution in [2.75, 3.05) is 26.2 Å². The zero-order valence-corrected chi connectivity index (χ0v) is 36.9. The van der Waals surface area contributed by atoms with Gasteiger partial charge in [0.15, 0.2) is 15.1 Å². The number of phenols is 3. The molecule has 274 valence electrons. The molecule has 0 bridgehead atoms. The van der Waals surface area contributed by atoms with Crippen LogP contribution in [0.4, 0.5) is 0 Å². The average Bonchev–Trinajstić information content (AvgIpc) is 3.08. The van der Waals surface area contributed by atoms with E-state index in [1.54, 1.807) is 0 Å². The first kappa shape index (κ1) is 43.8. The number of halogens is 2. The Hall–Kier alpha value is -0.650. The maximum atomic E-state index is 11.3. The van der Waals surface area contributed by atoms with Crippen LogP contribution in [-0.4, -0.2) is 56.6 Å². The zero-order chi connectivity index (χ0) is 36.5. The van der Waals surface area contributed by atoms with Gasteiger partial charge in [-0.1, -0.05) is 113 Å². The van der Waals surface area contributed by atoms with Gasteiger partial charge >= 0.3 is 0 Å². The lowest BCUT2D eigenvalue weighted by Gasteiger charge is -2.16. The van der Waals surface area contributed by atoms with Gasteiger partial charge in [0.1, 0.15) is 17.2 Å². The van der Waals surface area contributed by atoms with Gasteiger partial charge in [0.05, 0.1) is 0 Å². The van der Waals surface area contributed by atoms with Crippen LogP contribution in [0, 0.1) is 13.8 Å². The molecule has 7 nitrogen and oxygen atoms in total.